The minimum atomic E-state index is -0.859. The first-order chi connectivity index (χ1) is 9.97. The second kappa shape index (κ2) is 6.75. The Hall–Kier alpha value is -1.83. The van der Waals surface area contributed by atoms with Gasteiger partial charge in [0, 0.05) is 12.1 Å². The highest BCUT2D eigenvalue weighted by Crippen LogP contribution is 2.20. The quantitative estimate of drug-likeness (QED) is 0.603. The van der Waals surface area contributed by atoms with Crippen LogP contribution in [0, 0.1) is 5.92 Å². The molecule has 2 N–H and O–H groups in total. The Bertz CT molecular complexity index is 555. The summed E-state index contributed by atoms with van der Waals surface area (Å²) in [6, 6.07) is 0.0295. The van der Waals surface area contributed by atoms with Crippen molar-refractivity contribution in [3.63, 3.8) is 0 Å². The second-order valence-electron chi connectivity index (χ2n) is 5.14. The summed E-state index contributed by atoms with van der Waals surface area (Å²) in [5.41, 5.74) is 0. The molecule has 0 saturated carbocycles. The zero-order valence-corrected chi connectivity index (χ0v) is 12.7. The van der Waals surface area contributed by atoms with Crippen molar-refractivity contribution in [1.29, 1.82) is 0 Å². The van der Waals surface area contributed by atoms with E-state index >= 15 is 0 Å². The number of rotatable bonds is 6. The highest BCUT2D eigenvalue weighted by molar-refractivity contribution is 7.99. The first kappa shape index (κ1) is 15.6. The highest BCUT2D eigenvalue weighted by atomic mass is 32.2. The predicted molar refractivity (Wildman–Crippen MR) is 77.9 cm³/mol. The summed E-state index contributed by atoms with van der Waals surface area (Å²) in [7, 11) is 0. The fourth-order valence-corrected chi connectivity index (χ4v) is 2.91. The van der Waals surface area contributed by atoms with Crippen LogP contribution in [0.5, 0.6) is 0 Å². The van der Waals surface area contributed by atoms with Gasteiger partial charge < -0.3 is 15.0 Å². The van der Waals surface area contributed by atoms with E-state index in [0.29, 0.717) is 11.6 Å². The van der Waals surface area contributed by atoms with Gasteiger partial charge in [-0.3, -0.25) is 9.59 Å². The first-order valence-corrected chi connectivity index (χ1v) is 7.68. The molecular formula is C13H18N4O3S. The number of hydrogen-bond donors (Lipinski definition) is 2. The summed E-state index contributed by atoms with van der Waals surface area (Å²) >= 11 is 1.32. The van der Waals surface area contributed by atoms with Gasteiger partial charge in [-0.2, -0.15) is 0 Å². The van der Waals surface area contributed by atoms with E-state index in [0.717, 1.165) is 0 Å². The van der Waals surface area contributed by atoms with Crippen molar-refractivity contribution >= 4 is 23.6 Å². The number of amides is 1. The number of nitrogens with zero attached hydrogens (tertiary/aromatic N) is 3. The molecule has 1 aliphatic carbocycles. The van der Waals surface area contributed by atoms with E-state index < -0.39 is 11.9 Å². The zero-order chi connectivity index (χ0) is 15.4. The Kier molecular flexibility index (Phi) is 5.00. The lowest BCUT2D eigenvalue weighted by atomic mass is 10.1. The third-order valence-electron chi connectivity index (χ3n) is 3.18. The molecule has 0 aromatic carbocycles. The minimum absolute atomic E-state index is 0.140. The molecule has 1 heterocycles. The first-order valence-electron chi connectivity index (χ1n) is 6.70. The van der Waals surface area contributed by atoms with Crippen LogP contribution in [-0.4, -0.2) is 43.5 Å². The molecule has 1 aromatic rings. The van der Waals surface area contributed by atoms with Crippen LogP contribution in [-0.2, 0) is 9.59 Å². The summed E-state index contributed by atoms with van der Waals surface area (Å²) in [6.07, 6.45) is 5.41. The van der Waals surface area contributed by atoms with E-state index in [4.69, 9.17) is 5.11 Å². The topological polar surface area (TPSA) is 97.1 Å². The minimum Gasteiger partial charge on any atom is -0.481 e. The van der Waals surface area contributed by atoms with Gasteiger partial charge in [0.05, 0.1) is 11.7 Å². The predicted octanol–water partition coefficient (Wildman–Crippen LogP) is 1.10. The van der Waals surface area contributed by atoms with Crippen LogP contribution >= 0.6 is 11.8 Å². The molecule has 1 aromatic heterocycles. The Morgan fingerprint density at radius 2 is 2.29 bits per heavy atom. The van der Waals surface area contributed by atoms with Gasteiger partial charge in [0.1, 0.15) is 6.33 Å². The summed E-state index contributed by atoms with van der Waals surface area (Å²) in [6.45, 7) is 4.03. The maximum atomic E-state index is 11.9. The lowest BCUT2D eigenvalue weighted by Gasteiger charge is -2.12. The Balaban J connectivity index is 1.79. The molecule has 7 nitrogen and oxygen atoms in total. The summed E-state index contributed by atoms with van der Waals surface area (Å²) in [4.78, 5) is 22.7. The summed E-state index contributed by atoms with van der Waals surface area (Å²) in [5, 5.41) is 20.2. The van der Waals surface area contributed by atoms with E-state index in [1.807, 2.05) is 18.4 Å². The molecule has 0 aliphatic heterocycles. The largest absolute Gasteiger partial charge is 0.481 e. The van der Waals surface area contributed by atoms with Crippen molar-refractivity contribution in [3.8, 4) is 0 Å². The number of carbonyl (C=O) groups is 2. The van der Waals surface area contributed by atoms with Crippen LogP contribution in [0.15, 0.2) is 23.6 Å². The molecule has 1 amide bonds. The SMILES string of the molecule is CC(C)n1cnnc1SCC(=O)NC1C=CC(C(=O)O)C1. The zero-order valence-electron chi connectivity index (χ0n) is 11.9. The van der Waals surface area contributed by atoms with Crippen LogP contribution in [0.3, 0.4) is 0 Å². The van der Waals surface area contributed by atoms with E-state index in [1.54, 1.807) is 18.5 Å². The molecular weight excluding hydrogens is 292 g/mol. The number of aliphatic carboxylic acids is 1. The molecule has 0 bridgehead atoms. The van der Waals surface area contributed by atoms with Gasteiger partial charge in [0.25, 0.3) is 0 Å². The third kappa shape index (κ3) is 4.07. The maximum Gasteiger partial charge on any atom is 0.310 e. The molecule has 0 spiro atoms. The van der Waals surface area contributed by atoms with Crippen LogP contribution in [0.1, 0.15) is 26.3 Å². The molecule has 21 heavy (non-hydrogen) atoms. The van der Waals surface area contributed by atoms with Crippen molar-refractivity contribution in [2.75, 3.05) is 5.75 Å². The fourth-order valence-electron chi connectivity index (χ4n) is 2.06. The fraction of sp³-hybridized carbons (Fsp3) is 0.538. The molecule has 0 radical (unpaired) electrons. The molecule has 0 fully saturated rings. The van der Waals surface area contributed by atoms with Gasteiger partial charge in [0.2, 0.25) is 5.91 Å². The van der Waals surface area contributed by atoms with Crippen molar-refractivity contribution in [3.05, 3.63) is 18.5 Å². The van der Waals surface area contributed by atoms with Crippen LogP contribution in [0.4, 0.5) is 0 Å². The van der Waals surface area contributed by atoms with Gasteiger partial charge >= 0.3 is 5.97 Å². The van der Waals surface area contributed by atoms with Crippen molar-refractivity contribution in [2.45, 2.75) is 37.5 Å². The molecule has 1 aliphatic rings. The highest BCUT2D eigenvalue weighted by Gasteiger charge is 2.25. The molecule has 2 rings (SSSR count). The van der Waals surface area contributed by atoms with Crippen LogP contribution in [0.2, 0.25) is 0 Å². The molecule has 0 saturated heterocycles. The lowest BCUT2D eigenvalue weighted by Crippen LogP contribution is -2.34. The van der Waals surface area contributed by atoms with Gasteiger partial charge in [-0.15, -0.1) is 10.2 Å². The third-order valence-corrected chi connectivity index (χ3v) is 4.13. The van der Waals surface area contributed by atoms with Gasteiger partial charge in [-0.05, 0) is 20.3 Å². The monoisotopic (exact) mass is 310 g/mol. The standard InChI is InChI=1S/C13H18N4O3S/c1-8(2)17-7-14-16-13(17)21-6-11(18)15-10-4-3-9(5-10)12(19)20/h3-4,7-10H,5-6H2,1-2H3,(H,15,18)(H,19,20). The van der Waals surface area contributed by atoms with E-state index in [2.05, 4.69) is 15.5 Å². The average molecular weight is 310 g/mol. The normalized spacial score (nSPS) is 20.9. The van der Waals surface area contributed by atoms with E-state index in [9.17, 15) is 9.59 Å². The number of carbonyl (C=O) groups excluding carboxylic acids is 1. The van der Waals surface area contributed by atoms with Gasteiger partial charge in [0.15, 0.2) is 5.16 Å². The lowest BCUT2D eigenvalue weighted by molar-refractivity contribution is -0.140. The maximum absolute atomic E-state index is 11.9. The van der Waals surface area contributed by atoms with Crippen molar-refractivity contribution in [2.24, 2.45) is 5.92 Å². The van der Waals surface area contributed by atoms with Gasteiger partial charge in [-0.1, -0.05) is 23.9 Å². The molecule has 8 heteroatoms. The van der Waals surface area contributed by atoms with Crippen molar-refractivity contribution < 1.29 is 14.7 Å². The Morgan fingerprint density at radius 3 is 2.90 bits per heavy atom. The van der Waals surface area contributed by atoms with E-state index in [1.165, 1.54) is 11.8 Å². The number of carboxylic acid groups (broad SMARTS) is 1. The number of thioether (sulfide) groups is 1. The van der Waals surface area contributed by atoms with Crippen molar-refractivity contribution in [1.82, 2.24) is 20.1 Å². The Labute approximate surface area is 126 Å². The average Bonchev–Trinajstić information content (AvgIpc) is 3.04. The van der Waals surface area contributed by atoms with Gasteiger partial charge in [-0.25, -0.2) is 0 Å². The molecule has 2 atom stereocenters. The number of nitrogens with one attached hydrogen (secondary N) is 1. The number of carboxylic acids is 1. The van der Waals surface area contributed by atoms with E-state index in [-0.39, 0.29) is 23.7 Å². The number of hydrogen-bond acceptors (Lipinski definition) is 5. The molecule has 114 valence electrons. The van der Waals surface area contributed by atoms with Crippen LogP contribution in [0.25, 0.3) is 0 Å². The summed E-state index contributed by atoms with van der Waals surface area (Å²) in [5.74, 6) is -1.28. The number of aromatic nitrogens is 3. The Morgan fingerprint density at radius 1 is 1.52 bits per heavy atom. The molecule has 2 unspecified atom stereocenters. The summed E-state index contributed by atoms with van der Waals surface area (Å²) < 4.78 is 1.90. The van der Waals surface area contributed by atoms with Crippen LogP contribution < -0.4 is 5.32 Å². The smallest absolute Gasteiger partial charge is 0.310 e. The second-order valence-corrected chi connectivity index (χ2v) is 6.09.